The SMILES string of the molecule is CC(C)C[C@@H](N[C@H](C)C(N)=O)c1ccccc1. The fourth-order valence-electron chi connectivity index (χ4n) is 1.84. The Morgan fingerprint density at radius 1 is 1.24 bits per heavy atom. The Labute approximate surface area is 103 Å². The smallest absolute Gasteiger partial charge is 0.234 e. The molecule has 3 N–H and O–H groups in total. The van der Waals surface area contributed by atoms with Gasteiger partial charge in [-0.1, -0.05) is 44.2 Å². The number of hydrogen-bond acceptors (Lipinski definition) is 2. The minimum atomic E-state index is -0.310. The number of nitrogens with one attached hydrogen (secondary N) is 1. The Bertz CT molecular complexity index is 348. The second kappa shape index (κ2) is 6.40. The van der Waals surface area contributed by atoms with Gasteiger partial charge in [-0.25, -0.2) is 0 Å². The molecule has 3 nitrogen and oxygen atoms in total. The highest BCUT2D eigenvalue weighted by Gasteiger charge is 2.18. The van der Waals surface area contributed by atoms with Gasteiger partial charge in [0.25, 0.3) is 0 Å². The Morgan fingerprint density at radius 2 is 1.82 bits per heavy atom. The molecule has 0 aliphatic carbocycles. The van der Waals surface area contributed by atoms with Crippen LogP contribution in [-0.2, 0) is 4.79 Å². The van der Waals surface area contributed by atoms with Crippen molar-refractivity contribution in [3.05, 3.63) is 35.9 Å². The summed E-state index contributed by atoms with van der Waals surface area (Å²) in [5.41, 5.74) is 6.49. The summed E-state index contributed by atoms with van der Waals surface area (Å²) in [5, 5.41) is 3.29. The van der Waals surface area contributed by atoms with Crippen LogP contribution in [0.5, 0.6) is 0 Å². The van der Waals surface area contributed by atoms with Gasteiger partial charge in [-0.2, -0.15) is 0 Å². The van der Waals surface area contributed by atoms with E-state index in [1.54, 1.807) is 6.92 Å². The summed E-state index contributed by atoms with van der Waals surface area (Å²) in [4.78, 5) is 11.1. The van der Waals surface area contributed by atoms with Crippen LogP contribution in [0, 0.1) is 5.92 Å². The zero-order chi connectivity index (χ0) is 12.8. The highest BCUT2D eigenvalue weighted by atomic mass is 16.1. The fourth-order valence-corrected chi connectivity index (χ4v) is 1.84. The first-order valence-electron chi connectivity index (χ1n) is 6.11. The molecule has 0 radical (unpaired) electrons. The Balaban J connectivity index is 2.77. The number of carbonyl (C=O) groups excluding carboxylic acids is 1. The van der Waals surface area contributed by atoms with Crippen LogP contribution in [0.2, 0.25) is 0 Å². The van der Waals surface area contributed by atoms with E-state index < -0.39 is 0 Å². The minimum Gasteiger partial charge on any atom is -0.368 e. The van der Waals surface area contributed by atoms with Crippen LogP contribution < -0.4 is 11.1 Å². The van der Waals surface area contributed by atoms with E-state index in [0.29, 0.717) is 5.92 Å². The van der Waals surface area contributed by atoms with Crippen LogP contribution in [0.15, 0.2) is 30.3 Å². The lowest BCUT2D eigenvalue weighted by molar-refractivity contribution is -0.119. The lowest BCUT2D eigenvalue weighted by atomic mass is 9.96. The predicted octanol–water partition coefficient (Wildman–Crippen LogP) is 2.24. The van der Waals surface area contributed by atoms with Crippen molar-refractivity contribution in [2.75, 3.05) is 0 Å². The topological polar surface area (TPSA) is 55.1 Å². The largest absolute Gasteiger partial charge is 0.368 e. The maximum atomic E-state index is 11.1. The molecule has 3 heteroatoms. The number of benzene rings is 1. The molecule has 1 amide bonds. The fraction of sp³-hybridized carbons (Fsp3) is 0.500. The lowest BCUT2D eigenvalue weighted by Crippen LogP contribution is -2.41. The summed E-state index contributed by atoms with van der Waals surface area (Å²) in [7, 11) is 0. The van der Waals surface area contributed by atoms with Crippen molar-refractivity contribution in [2.45, 2.75) is 39.3 Å². The first-order valence-corrected chi connectivity index (χ1v) is 6.11. The van der Waals surface area contributed by atoms with Crippen molar-refractivity contribution in [1.82, 2.24) is 5.32 Å². The molecule has 0 saturated heterocycles. The summed E-state index contributed by atoms with van der Waals surface area (Å²) < 4.78 is 0. The highest BCUT2D eigenvalue weighted by molar-refractivity contribution is 5.79. The molecule has 2 atom stereocenters. The summed E-state index contributed by atoms with van der Waals surface area (Å²) in [5.74, 6) is 0.252. The van der Waals surface area contributed by atoms with Crippen LogP contribution in [-0.4, -0.2) is 11.9 Å². The van der Waals surface area contributed by atoms with E-state index in [4.69, 9.17) is 5.73 Å². The monoisotopic (exact) mass is 234 g/mol. The molecule has 0 aromatic heterocycles. The van der Waals surface area contributed by atoms with E-state index in [0.717, 1.165) is 6.42 Å². The molecular weight excluding hydrogens is 212 g/mol. The normalized spacial score (nSPS) is 14.6. The minimum absolute atomic E-state index is 0.179. The zero-order valence-electron chi connectivity index (χ0n) is 10.8. The van der Waals surface area contributed by atoms with Crippen LogP contribution >= 0.6 is 0 Å². The van der Waals surface area contributed by atoms with Crippen molar-refractivity contribution in [3.8, 4) is 0 Å². The van der Waals surface area contributed by atoms with Gasteiger partial charge in [0.1, 0.15) is 0 Å². The molecule has 0 fully saturated rings. The van der Waals surface area contributed by atoms with Gasteiger partial charge in [-0.05, 0) is 24.8 Å². The van der Waals surface area contributed by atoms with Crippen LogP contribution in [0.1, 0.15) is 38.8 Å². The second-order valence-corrected chi connectivity index (χ2v) is 4.88. The lowest BCUT2D eigenvalue weighted by Gasteiger charge is -2.23. The Kier molecular flexibility index (Phi) is 5.16. The predicted molar refractivity (Wildman–Crippen MR) is 70.4 cm³/mol. The van der Waals surface area contributed by atoms with Gasteiger partial charge in [0.2, 0.25) is 5.91 Å². The molecule has 94 valence electrons. The highest BCUT2D eigenvalue weighted by Crippen LogP contribution is 2.21. The molecule has 0 spiro atoms. The molecule has 0 saturated carbocycles. The molecule has 1 aromatic carbocycles. The van der Waals surface area contributed by atoms with Crippen molar-refractivity contribution in [2.24, 2.45) is 11.7 Å². The van der Waals surface area contributed by atoms with E-state index in [-0.39, 0.29) is 18.0 Å². The molecular formula is C14H22N2O. The number of hydrogen-bond donors (Lipinski definition) is 2. The van der Waals surface area contributed by atoms with E-state index in [1.807, 2.05) is 18.2 Å². The molecule has 1 aromatic rings. The van der Waals surface area contributed by atoms with E-state index >= 15 is 0 Å². The average Bonchev–Trinajstić information content (AvgIpc) is 2.28. The van der Waals surface area contributed by atoms with Gasteiger partial charge < -0.3 is 5.73 Å². The van der Waals surface area contributed by atoms with Gasteiger partial charge in [0.15, 0.2) is 0 Å². The number of primary amides is 1. The first kappa shape index (κ1) is 13.7. The molecule has 0 heterocycles. The second-order valence-electron chi connectivity index (χ2n) is 4.88. The molecule has 0 aliphatic rings. The molecule has 0 bridgehead atoms. The van der Waals surface area contributed by atoms with Crippen molar-refractivity contribution in [3.63, 3.8) is 0 Å². The number of amides is 1. The van der Waals surface area contributed by atoms with Crippen molar-refractivity contribution < 1.29 is 4.79 Å². The molecule has 1 rings (SSSR count). The van der Waals surface area contributed by atoms with Crippen LogP contribution in [0.25, 0.3) is 0 Å². The number of carbonyl (C=O) groups is 1. The molecule has 0 aliphatic heterocycles. The quantitative estimate of drug-likeness (QED) is 0.793. The van der Waals surface area contributed by atoms with Gasteiger partial charge in [-0.15, -0.1) is 0 Å². The third kappa shape index (κ3) is 4.57. The number of rotatable bonds is 6. The van der Waals surface area contributed by atoms with Crippen molar-refractivity contribution in [1.29, 1.82) is 0 Å². The van der Waals surface area contributed by atoms with Gasteiger partial charge in [-0.3, -0.25) is 10.1 Å². The average molecular weight is 234 g/mol. The molecule has 17 heavy (non-hydrogen) atoms. The number of nitrogens with two attached hydrogens (primary N) is 1. The molecule has 0 unspecified atom stereocenters. The summed E-state index contributed by atoms with van der Waals surface area (Å²) in [6.07, 6.45) is 0.988. The van der Waals surface area contributed by atoms with Gasteiger partial charge in [0, 0.05) is 6.04 Å². The van der Waals surface area contributed by atoms with Crippen LogP contribution in [0.3, 0.4) is 0 Å². The summed E-state index contributed by atoms with van der Waals surface area (Å²) in [6, 6.07) is 10.0. The van der Waals surface area contributed by atoms with Crippen LogP contribution in [0.4, 0.5) is 0 Å². The summed E-state index contributed by atoms with van der Waals surface area (Å²) in [6.45, 7) is 6.15. The Hall–Kier alpha value is -1.35. The maximum absolute atomic E-state index is 11.1. The maximum Gasteiger partial charge on any atom is 0.234 e. The zero-order valence-corrected chi connectivity index (χ0v) is 10.8. The third-order valence-electron chi connectivity index (χ3n) is 2.79. The van der Waals surface area contributed by atoms with E-state index in [2.05, 4.69) is 31.3 Å². The van der Waals surface area contributed by atoms with Crippen molar-refractivity contribution >= 4 is 5.91 Å². The Morgan fingerprint density at radius 3 is 2.29 bits per heavy atom. The third-order valence-corrected chi connectivity index (χ3v) is 2.79. The van der Waals surface area contributed by atoms with E-state index in [1.165, 1.54) is 5.56 Å². The van der Waals surface area contributed by atoms with Gasteiger partial charge in [0.05, 0.1) is 6.04 Å². The standard InChI is InChI=1S/C14H22N2O/c1-10(2)9-13(16-11(3)14(15)17)12-7-5-4-6-8-12/h4-8,10-11,13,16H,9H2,1-3H3,(H2,15,17)/t11-,13-/m1/s1. The summed E-state index contributed by atoms with van der Waals surface area (Å²) >= 11 is 0. The van der Waals surface area contributed by atoms with E-state index in [9.17, 15) is 4.79 Å². The van der Waals surface area contributed by atoms with Gasteiger partial charge >= 0.3 is 0 Å². The first-order chi connectivity index (χ1) is 8.00.